The van der Waals surface area contributed by atoms with E-state index in [0.717, 1.165) is 11.4 Å². The molecule has 5 aromatic carbocycles. The normalized spacial score (nSPS) is 11.0. The summed E-state index contributed by atoms with van der Waals surface area (Å²) in [5.41, 5.74) is 3.11. The molecule has 0 fully saturated rings. The van der Waals surface area contributed by atoms with E-state index in [2.05, 4.69) is 20.5 Å². The number of ether oxygens (including phenoxy) is 2. The van der Waals surface area contributed by atoms with E-state index in [1.807, 2.05) is 60.7 Å². The maximum atomic E-state index is 12.7. The van der Waals surface area contributed by atoms with Crippen LogP contribution in [0.1, 0.15) is 20.7 Å². The number of benzene rings is 5. The van der Waals surface area contributed by atoms with Crippen LogP contribution >= 0.6 is 0 Å². The largest absolute Gasteiger partial charge is 0.423 e. The van der Waals surface area contributed by atoms with Crippen molar-refractivity contribution in [2.45, 2.75) is 0 Å². The lowest BCUT2D eigenvalue weighted by Gasteiger charge is -2.07. The fourth-order valence-electron chi connectivity index (χ4n) is 3.49. The Labute approximate surface area is 230 Å². The first-order valence-corrected chi connectivity index (χ1v) is 12.3. The highest BCUT2D eigenvalue weighted by Gasteiger charge is 2.14. The number of carbonyl (C=O) groups is 2. The molecule has 40 heavy (non-hydrogen) atoms. The Morgan fingerprint density at radius 1 is 0.400 bits per heavy atom. The van der Waals surface area contributed by atoms with Crippen LogP contribution in [0.5, 0.6) is 11.5 Å². The summed E-state index contributed by atoms with van der Waals surface area (Å²) in [6.45, 7) is 0. The van der Waals surface area contributed by atoms with Crippen LogP contribution in [0.4, 0.5) is 22.7 Å². The molecule has 5 rings (SSSR count). The first-order chi connectivity index (χ1) is 19.6. The zero-order valence-corrected chi connectivity index (χ0v) is 21.1. The molecule has 0 N–H and O–H groups in total. The van der Waals surface area contributed by atoms with E-state index < -0.39 is 11.9 Å². The second-order valence-electron chi connectivity index (χ2n) is 8.42. The van der Waals surface area contributed by atoms with Crippen molar-refractivity contribution in [3.63, 3.8) is 0 Å². The summed E-state index contributed by atoms with van der Waals surface area (Å²) >= 11 is 0. The molecular formula is C32H22N4O4. The highest BCUT2D eigenvalue weighted by molar-refractivity contribution is 5.96. The second-order valence-corrected chi connectivity index (χ2v) is 8.42. The van der Waals surface area contributed by atoms with Crippen molar-refractivity contribution in [1.82, 2.24) is 0 Å². The molecule has 194 valence electrons. The topological polar surface area (TPSA) is 102 Å². The Bertz CT molecular complexity index is 1530. The van der Waals surface area contributed by atoms with Crippen LogP contribution in [0.3, 0.4) is 0 Å². The van der Waals surface area contributed by atoms with Gasteiger partial charge in [0.2, 0.25) is 0 Å². The van der Waals surface area contributed by atoms with Crippen LogP contribution in [0.2, 0.25) is 0 Å². The quantitative estimate of drug-likeness (QED) is 0.114. The number of rotatable bonds is 8. The van der Waals surface area contributed by atoms with Crippen molar-refractivity contribution < 1.29 is 19.1 Å². The molecular weight excluding hydrogens is 504 g/mol. The molecule has 5 aromatic rings. The molecule has 0 aliphatic carbocycles. The van der Waals surface area contributed by atoms with Crippen LogP contribution in [0, 0.1) is 0 Å². The minimum Gasteiger partial charge on any atom is -0.423 e. The molecule has 0 saturated carbocycles. The minimum absolute atomic E-state index is 0.207. The smallest absolute Gasteiger partial charge is 0.343 e. The highest BCUT2D eigenvalue weighted by Crippen LogP contribution is 2.24. The van der Waals surface area contributed by atoms with Crippen molar-refractivity contribution in [2.75, 3.05) is 0 Å². The molecule has 8 nitrogen and oxygen atoms in total. The summed E-state index contributed by atoms with van der Waals surface area (Å²) in [7, 11) is 0. The molecule has 8 heteroatoms. The van der Waals surface area contributed by atoms with Gasteiger partial charge in [-0.25, -0.2) is 9.59 Å². The minimum atomic E-state index is -0.610. The molecule has 0 aliphatic rings. The third-order valence-corrected chi connectivity index (χ3v) is 5.50. The molecule has 0 spiro atoms. The Morgan fingerprint density at radius 2 is 0.750 bits per heavy atom. The van der Waals surface area contributed by atoms with Gasteiger partial charge in [-0.2, -0.15) is 20.5 Å². The number of carbonyl (C=O) groups excluding carboxylic acids is 2. The van der Waals surface area contributed by atoms with Gasteiger partial charge in [0.1, 0.15) is 11.5 Å². The Kier molecular flexibility index (Phi) is 8.19. The summed E-state index contributed by atoms with van der Waals surface area (Å²) in [5.74, 6) is -0.551. The van der Waals surface area contributed by atoms with Gasteiger partial charge >= 0.3 is 11.9 Å². The molecule has 0 heterocycles. The number of nitrogens with zero attached hydrogens (tertiary/aromatic N) is 4. The first kappa shape index (κ1) is 25.9. The third-order valence-electron chi connectivity index (χ3n) is 5.50. The SMILES string of the molecule is O=C(Oc1ccc(N=Nc2ccccc2)cc1)c1cccc(C(=O)Oc2ccc(N=Nc3ccccc3)cc2)c1. The summed E-state index contributed by atoms with van der Waals surface area (Å²) in [5, 5.41) is 16.7. The van der Waals surface area contributed by atoms with Crippen LogP contribution in [0.15, 0.2) is 154 Å². The van der Waals surface area contributed by atoms with Gasteiger partial charge in [-0.05, 0) is 91.0 Å². The zero-order valence-electron chi connectivity index (χ0n) is 21.1. The van der Waals surface area contributed by atoms with Gasteiger partial charge in [0.15, 0.2) is 0 Å². The van der Waals surface area contributed by atoms with Gasteiger partial charge in [0, 0.05) is 0 Å². The molecule has 0 saturated heterocycles. The standard InChI is InChI=1S/C32H22N4O4/c37-31(39-29-18-14-27(15-19-29)35-33-25-10-3-1-4-11-25)23-8-7-9-24(22-23)32(38)40-30-20-16-28(17-21-30)36-34-26-12-5-2-6-13-26/h1-22H. The lowest BCUT2D eigenvalue weighted by Crippen LogP contribution is -2.12. The van der Waals surface area contributed by atoms with E-state index in [9.17, 15) is 9.59 Å². The maximum Gasteiger partial charge on any atom is 0.343 e. The van der Waals surface area contributed by atoms with E-state index in [-0.39, 0.29) is 11.1 Å². The number of hydrogen-bond acceptors (Lipinski definition) is 8. The van der Waals surface area contributed by atoms with Crippen molar-refractivity contribution in [3.8, 4) is 11.5 Å². The van der Waals surface area contributed by atoms with Crippen molar-refractivity contribution >= 4 is 34.7 Å². The van der Waals surface area contributed by atoms with Gasteiger partial charge in [0.25, 0.3) is 0 Å². The van der Waals surface area contributed by atoms with Crippen molar-refractivity contribution in [1.29, 1.82) is 0 Å². The second kappa shape index (κ2) is 12.7. The number of esters is 2. The fraction of sp³-hybridized carbons (Fsp3) is 0. The lowest BCUT2D eigenvalue weighted by atomic mass is 10.1. The first-order valence-electron chi connectivity index (χ1n) is 12.3. The van der Waals surface area contributed by atoms with Crippen LogP contribution in [0.25, 0.3) is 0 Å². The third kappa shape index (κ3) is 7.17. The predicted molar refractivity (Wildman–Crippen MR) is 150 cm³/mol. The summed E-state index contributed by atoms with van der Waals surface area (Å²) in [6, 6.07) is 38.1. The Hall–Kier alpha value is -5.76. The molecule has 0 aliphatic heterocycles. The monoisotopic (exact) mass is 526 g/mol. The molecule has 0 radical (unpaired) electrons. The van der Waals surface area contributed by atoms with E-state index in [1.54, 1.807) is 66.7 Å². The van der Waals surface area contributed by atoms with Crippen LogP contribution < -0.4 is 9.47 Å². The van der Waals surface area contributed by atoms with E-state index in [1.165, 1.54) is 6.07 Å². The predicted octanol–water partition coefficient (Wildman–Crippen LogP) is 8.96. The maximum absolute atomic E-state index is 12.7. The van der Waals surface area contributed by atoms with Crippen LogP contribution in [-0.2, 0) is 0 Å². The lowest BCUT2D eigenvalue weighted by molar-refractivity contribution is 0.0734. The van der Waals surface area contributed by atoms with Gasteiger partial charge in [-0.3, -0.25) is 0 Å². The zero-order chi connectivity index (χ0) is 27.6. The van der Waals surface area contributed by atoms with E-state index in [4.69, 9.17) is 9.47 Å². The average molecular weight is 527 g/mol. The summed E-state index contributed by atoms with van der Waals surface area (Å²) in [4.78, 5) is 25.4. The van der Waals surface area contributed by atoms with E-state index >= 15 is 0 Å². The number of hydrogen-bond donors (Lipinski definition) is 0. The highest BCUT2D eigenvalue weighted by atomic mass is 16.5. The molecule has 0 unspecified atom stereocenters. The Balaban J connectivity index is 1.18. The van der Waals surface area contributed by atoms with E-state index in [0.29, 0.717) is 22.9 Å². The van der Waals surface area contributed by atoms with Crippen molar-refractivity contribution in [2.24, 2.45) is 20.5 Å². The van der Waals surface area contributed by atoms with Crippen molar-refractivity contribution in [3.05, 3.63) is 145 Å². The number of azo groups is 2. The van der Waals surface area contributed by atoms with Gasteiger partial charge < -0.3 is 9.47 Å². The van der Waals surface area contributed by atoms with Gasteiger partial charge in [-0.1, -0.05) is 42.5 Å². The summed E-state index contributed by atoms with van der Waals surface area (Å²) < 4.78 is 10.9. The molecule has 0 bridgehead atoms. The Morgan fingerprint density at radius 3 is 1.12 bits per heavy atom. The molecule has 0 atom stereocenters. The fourth-order valence-corrected chi connectivity index (χ4v) is 3.49. The van der Waals surface area contributed by atoms with Gasteiger partial charge in [-0.15, -0.1) is 0 Å². The molecule has 0 amide bonds. The average Bonchev–Trinajstić information content (AvgIpc) is 3.01. The van der Waals surface area contributed by atoms with Crippen LogP contribution in [-0.4, -0.2) is 11.9 Å². The van der Waals surface area contributed by atoms with Gasteiger partial charge in [0.05, 0.1) is 33.9 Å². The molecule has 0 aromatic heterocycles. The summed E-state index contributed by atoms with van der Waals surface area (Å²) in [6.07, 6.45) is 0.